The zero-order chi connectivity index (χ0) is 16.8. The van der Waals surface area contributed by atoms with Crippen LogP contribution in [-0.4, -0.2) is 17.9 Å². The number of ketones is 1. The van der Waals surface area contributed by atoms with Gasteiger partial charge in [-0.3, -0.25) is 4.79 Å². The van der Waals surface area contributed by atoms with Gasteiger partial charge in [0.2, 0.25) is 5.78 Å². The first-order valence-electron chi connectivity index (χ1n) is 7.39. The molecule has 0 aromatic heterocycles. The van der Waals surface area contributed by atoms with E-state index in [1.54, 1.807) is 6.92 Å². The van der Waals surface area contributed by atoms with Crippen molar-refractivity contribution in [3.63, 3.8) is 0 Å². The van der Waals surface area contributed by atoms with Crippen LogP contribution in [0.4, 0.5) is 13.2 Å². The largest absolute Gasteiger partial charge is 0.467 e. The Kier molecular flexibility index (Phi) is 4.04. The minimum Gasteiger partial charge on any atom is -0.467 e. The van der Waals surface area contributed by atoms with E-state index in [2.05, 4.69) is 5.32 Å². The van der Waals surface area contributed by atoms with Gasteiger partial charge in [-0.2, -0.15) is 13.2 Å². The Balaban J connectivity index is 2.06. The molecule has 0 saturated heterocycles. The maximum atomic E-state index is 13.0. The topological polar surface area (TPSA) is 38.3 Å². The van der Waals surface area contributed by atoms with Crippen LogP contribution in [0.1, 0.15) is 37.3 Å². The minimum absolute atomic E-state index is 0.0687. The predicted octanol–water partition coefficient (Wildman–Crippen LogP) is 4.16. The normalized spacial score (nSPS) is 21.6. The van der Waals surface area contributed by atoms with E-state index in [1.807, 2.05) is 0 Å². The van der Waals surface area contributed by atoms with E-state index in [1.165, 1.54) is 6.07 Å². The molecule has 3 rings (SSSR count). The van der Waals surface area contributed by atoms with Crippen LogP contribution < -0.4 is 5.32 Å². The smallest absolute Gasteiger partial charge is 0.416 e. The molecule has 1 atom stereocenters. The van der Waals surface area contributed by atoms with E-state index < -0.39 is 17.8 Å². The molecule has 3 nitrogen and oxygen atoms in total. The highest BCUT2D eigenvalue weighted by Crippen LogP contribution is 2.37. The van der Waals surface area contributed by atoms with Gasteiger partial charge in [-0.05, 0) is 43.0 Å². The minimum atomic E-state index is -4.53. The van der Waals surface area contributed by atoms with Crippen LogP contribution in [0.15, 0.2) is 24.1 Å². The average molecular weight is 346 g/mol. The second kappa shape index (κ2) is 5.74. The lowest BCUT2D eigenvalue weighted by molar-refractivity contribution is -0.137. The molecule has 0 amide bonds. The van der Waals surface area contributed by atoms with Gasteiger partial charge in [-0.1, -0.05) is 18.5 Å². The lowest BCUT2D eigenvalue weighted by Gasteiger charge is -2.11. The van der Waals surface area contributed by atoms with Gasteiger partial charge in [0.25, 0.3) is 0 Å². The van der Waals surface area contributed by atoms with Crippen molar-refractivity contribution >= 4 is 23.0 Å². The molecule has 1 N–H and O–H groups in total. The number of carbonyl (C=O) groups is 1. The molecule has 0 spiro atoms. The molecule has 1 saturated carbocycles. The number of benzene rings is 1. The molecule has 1 aromatic carbocycles. The maximum Gasteiger partial charge on any atom is 0.416 e. The summed E-state index contributed by atoms with van der Waals surface area (Å²) in [5.74, 6) is -0.0502. The second-order valence-corrected chi connectivity index (χ2v) is 6.16. The van der Waals surface area contributed by atoms with E-state index in [-0.39, 0.29) is 33.9 Å². The van der Waals surface area contributed by atoms with E-state index in [0.29, 0.717) is 6.42 Å². The third-order valence-electron chi connectivity index (χ3n) is 3.82. The van der Waals surface area contributed by atoms with Crippen molar-refractivity contribution in [1.82, 2.24) is 5.32 Å². The highest BCUT2D eigenvalue weighted by molar-refractivity contribution is 6.31. The van der Waals surface area contributed by atoms with Crippen molar-refractivity contribution in [2.75, 3.05) is 0 Å². The number of carbonyl (C=O) groups excluding carboxylic acids is 1. The Labute approximate surface area is 136 Å². The van der Waals surface area contributed by atoms with Crippen molar-refractivity contribution in [2.45, 2.75) is 44.5 Å². The third-order valence-corrected chi connectivity index (χ3v) is 4.04. The molecule has 1 fully saturated rings. The first-order chi connectivity index (χ1) is 10.8. The molecular weight excluding hydrogens is 331 g/mol. The summed E-state index contributed by atoms with van der Waals surface area (Å²) < 4.78 is 44.6. The first kappa shape index (κ1) is 16.2. The molecule has 1 aliphatic carbocycles. The molecule has 1 unspecified atom stereocenters. The molecule has 0 bridgehead atoms. The van der Waals surface area contributed by atoms with Gasteiger partial charge in [-0.15, -0.1) is 0 Å². The van der Waals surface area contributed by atoms with Gasteiger partial charge in [-0.25, -0.2) is 0 Å². The van der Waals surface area contributed by atoms with E-state index in [9.17, 15) is 18.0 Å². The van der Waals surface area contributed by atoms with Crippen LogP contribution >= 0.6 is 11.6 Å². The molecule has 1 aliphatic heterocycles. The average Bonchev–Trinajstić information content (AvgIpc) is 3.21. The van der Waals surface area contributed by atoms with Crippen LogP contribution in [-0.2, 0) is 15.7 Å². The quantitative estimate of drug-likeness (QED) is 0.890. The number of hydrogen-bond acceptors (Lipinski definition) is 3. The summed E-state index contributed by atoms with van der Waals surface area (Å²) in [6.45, 7) is 1.79. The Hall–Kier alpha value is -1.69. The molecular formula is C16H15ClF3NO2. The van der Waals surface area contributed by atoms with Crippen LogP contribution in [0.5, 0.6) is 0 Å². The Morgan fingerprint density at radius 3 is 2.57 bits per heavy atom. The Morgan fingerprint density at radius 2 is 2.00 bits per heavy atom. The third kappa shape index (κ3) is 3.32. The van der Waals surface area contributed by atoms with Crippen molar-refractivity contribution in [1.29, 1.82) is 0 Å². The Morgan fingerprint density at radius 1 is 1.30 bits per heavy atom. The van der Waals surface area contributed by atoms with Crippen molar-refractivity contribution in [2.24, 2.45) is 0 Å². The zero-order valence-electron chi connectivity index (χ0n) is 12.3. The van der Waals surface area contributed by atoms with Gasteiger partial charge in [0, 0.05) is 11.1 Å². The number of alkyl halides is 3. The molecule has 0 radical (unpaired) electrons. The summed E-state index contributed by atoms with van der Waals surface area (Å²) in [6, 6.07) is 3.36. The lowest BCUT2D eigenvalue weighted by Crippen LogP contribution is -2.19. The molecule has 23 heavy (non-hydrogen) atoms. The van der Waals surface area contributed by atoms with E-state index in [0.717, 1.165) is 25.0 Å². The number of halogens is 4. The number of ether oxygens (including phenoxy) is 1. The summed E-state index contributed by atoms with van der Waals surface area (Å²) in [6.07, 6.45) is -2.84. The Bertz CT molecular complexity index is 680. The van der Waals surface area contributed by atoms with Crippen LogP contribution in [0.25, 0.3) is 5.57 Å². The summed E-state index contributed by atoms with van der Waals surface area (Å²) in [4.78, 5) is 12.5. The standard InChI is InChI=1S/C16H15ClF3NO2/c1-2-12-14(22)13(15(23-12)21-11-3-4-11)8-5-9(16(18,19)20)7-10(17)6-8/h5-7,11-12,21H,2-4H2,1H3. The van der Waals surface area contributed by atoms with Crippen molar-refractivity contribution in [3.8, 4) is 0 Å². The summed E-state index contributed by atoms with van der Waals surface area (Å²) in [7, 11) is 0. The highest BCUT2D eigenvalue weighted by atomic mass is 35.5. The number of nitrogens with one attached hydrogen (secondary N) is 1. The number of hydrogen-bond donors (Lipinski definition) is 1. The first-order valence-corrected chi connectivity index (χ1v) is 7.77. The number of Topliss-reactive ketones (excluding diaryl/α,β-unsaturated/α-hetero) is 1. The fourth-order valence-electron chi connectivity index (χ4n) is 2.49. The molecule has 2 aliphatic rings. The van der Waals surface area contributed by atoms with Gasteiger partial charge < -0.3 is 10.1 Å². The summed E-state index contributed by atoms with van der Waals surface area (Å²) >= 11 is 5.82. The maximum absolute atomic E-state index is 13.0. The molecule has 1 aromatic rings. The van der Waals surface area contributed by atoms with Crippen molar-refractivity contribution < 1.29 is 22.7 Å². The van der Waals surface area contributed by atoms with Gasteiger partial charge in [0.15, 0.2) is 12.0 Å². The zero-order valence-corrected chi connectivity index (χ0v) is 13.1. The highest BCUT2D eigenvalue weighted by Gasteiger charge is 2.38. The van der Waals surface area contributed by atoms with Gasteiger partial charge in [0.05, 0.1) is 11.1 Å². The molecule has 1 heterocycles. The van der Waals surface area contributed by atoms with Crippen LogP contribution in [0, 0.1) is 0 Å². The van der Waals surface area contributed by atoms with Crippen molar-refractivity contribution in [3.05, 3.63) is 40.2 Å². The van der Waals surface area contributed by atoms with Gasteiger partial charge >= 0.3 is 6.18 Å². The predicted molar refractivity (Wildman–Crippen MR) is 79.7 cm³/mol. The number of rotatable bonds is 4. The van der Waals surface area contributed by atoms with Crippen LogP contribution in [0.3, 0.4) is 0 Å². The lowest BCUT2D eigenvalue weighted by atomic mass is 9.97. The van der Waals surface area contributed by atoms with E-state index in [4.69, 9.17) is 16.3 Å². The summed E-state index contributed by atoms with van der Waals surface area (Å²) in [5.41, 5.74) is -0.600. The second-order valence-electron chi connectivity index (χ2n) is 5.73. The molecule has 124 valence electrons. The SMILES string of the molecule is CCC1OC(NC2CC2)=C(c2cc(Cl)cc(C(F)(F)F)c2)C1=O. The fraction of sp³-hybridized carbons (Fsp3) is 0.438. The van der Waals surface area contributed by atoms with E-state index >= 15 is 0 Å². The summed E-state index contributed by atoms with van der Waals surface area (Å²) in [5, 5.41) is 3.02. The molecule has 7 heteroatoms. The van der Waals surface area contributed by atoms with Gasteiger partial charge in [0.1, 0.15) is 0 Å². The fourth-order valence-corrected chi connectivity index (χ4v) is 2.72. The monoisotopic (exact) mass is 345 g/mol. The van der Waals surface area contributed by atoms with Crippen LogP contribution in [0.2, 0.25) is 5.02 Å².